The van der Waals surface area contributed by atoms with Crippen molar-refractivity contribution in [3.8, 4) is 0 Å². The summed E-state index contributed by atoms with van der Waals surface area (Å²) in [6.07, 6.45) is 8.97. The van der Waals surface area contributed by atoms with Crippen molar-refractivity contribution in [2.24, 2.45) is 11.8 Å². The molecule has 194 valence electrons. The van der Waals surface area contributed by atoms with Crippen molar-refractivity contribution in [3.05, 3.63) is 11.6 Å². The van der Waals surface area contributed by atoms with E-state index in [0.29, 0.717) is 6.41 Å². The molecule has 2 N–H and O–H groups in total. The van der Waals surface area contributed by atoms with Crippen molar-refractivity contribution < 1.29 is 19.5 Å². The molecule has 1 saturated heterocycles. The quantitative estimate of drug-likeness (QED) is 0.361. The van der Waals surface area contributed by atoms with E-state index < -0.39 is 5.97 Å². The Morgan fingerprint density at radius 1 is 1.03 bits per heavy atom. The van der Waals surface area contributed by atoms with Crippen LogP contribution in [0.5, 0.6) is 0 Å². The number of likely N-dealkylation sites (N-methyl/N-ethyl adjacent to an activating group) is 1. The summed E-state index contributed by atoms with van der Waals surface area (Å²) in [4.78, 5) is 36.8. The first-order chi connectivity index (χ1) is 15.4. The zero-order valence-corrected chi connectivity index (χ0v) is 22.7. The molecule has 7 nitrogen and oxygen atoms in total. The summed E-state index contributed by atoms with van der Waals surface area (Å²) in [6, 6.07) is 0.553. The van der Waals surface area contributed by atoms with E-state index >= 15 is 0 Å². The number of nitrogens with zero attached hydrogens (tertiary/aromatic N) is 2. The topological polar surface area (TPSA) is 90.0 Å². The molecule has 1 atom stereocenters. The van der Waals surface area contributed by atoms with Crippen LogP contribution in [0.2, 0.25) is 0 Å². The molecule has 0 aromatic carbocycles. The van der Waals surface area contributed by atoms with Crippen LogP contribution in [-0.4, -0.2) is 72.0 Å². The van der Waals surface area contributed by atoms with Crippen LogP contribution < -0.4 is 5.32 Å². The van der Waals surface area contributed by atoms with Gasteiger partial charge in [0.25, 0.3) is 0 Å². The van der Waals surface area contributed by atoms with E-state index in [0.717, 1.165) is 12.0 Å². The summed E-state index contributed by atoms with van der Waals surface area (Å²) in [7, 11) is 1.59. The number of carbonyl (C=O) groups is 3. The van der Waals surface area contributed by atoms with Crippen molar-refractivity contribution in [1.82, 2.24) is 15.1 Å². The molecular formula is C26H51N3O4. The van der Waals surface area contributed by atoms with Gasteiger partial charge >= 0.3 is 5.97 Å². The average molecular weight is 470 g/mol. The number of carboxylic acids is 1. The van der Waals surface area contributed by atoms with Gasteiger partial charge in [-0.25, -0.2) is 4.79 Å². The Labute approximate surface area is 203 Å². The molecule has 1 aliphatic rings. The lowest BCUT2D eigenvalue weighted by Gasteiger charge is -2.33. The lowest BCUT2D eigenvalue weighted by molar-refractivity contribution is -0.133. The molecule has 0 radical (unpaired) electrons. The third kappa shape index (κ3) is 16.4. The lowest BCUT2D eigenvalue weighted by atomic mass is 10.00. The number of hydrogen-bond donors (Lipinski definition) is 2. The van der Waals surface area contributed by atoms with E-state index in [4.69, 9.17) is 5.11 Å². The van der Waals surface area contributed by atoms with Crippen molar-refractivity contribution >= 4 is 18.3 Å². The van der Waals surface area contributed by atoms with Crippen molar-refractivity contribution in [2.45, 2.75) is 99.6 Å². The predicted molar refractivity (Wildman–Crippen MR) is 137 cm³/mol. The van der Waals surface area contributed by atoms with Gasteiger partial charge in [0.05, 0.1) is 12.6 Å². The van der Waals surface area contributed by atoms with Gasteiger partial charge in [0.2, 0.25) is 12.3 Å². The minimum atomic E-state index is -1.01. The molecule has 1 fully saturated rings. The highest BCUT2D eigenvalue weighted by molar-refractivity contribution is 5.86. The van der Waals surface area contributed by atoms with E-state index in [2.05, 4.69) is 44.8 Å². The highest BCUT2D eigenvalue weighted by Gasteiger charge is 2.22. The molecule has 0 aromatic rings. The van der Waals surface area contributed by atoms with E-state index in [1.54, 1.807) is 13.1 Å². The second-order valence-corrected chi connectivity index (χ2v) is 9.69. The normalized spacial score (nSPS) is 15.2. The number of piperidine rings is 1. The van der Waals surface area contributed by atoms with E-state index in [1.807, 2.05) is 13.8 Å². The summed E-state index contributed by atoms with van der Waals surface area (Å²) in [5, 5.41) is 11.1. The molecule has 1 aliphatic heterocycles. The maximum absolute atomic E-state index is 11.7. The molecule has 1 heterocycles. The zero-order chi connectivity index (χ0) is 26.0. The predicted octanol–water partition coefficient (Wildman–Crippen LogP) is 4.57. The second-order valence-electron chi connectivity index (χ2n) is 9.69. The van der Waals surface area contributed by atoms with E-state index in [-0.39, 0.29) is 30.0 Å². The minimum Gasteiger partial charge on any atom is -0.478 e. The Balaban J connectivity index is 0. The zero-order valence-electron chi connectivity index (χ0n) is 22.7. The maximum atomic E-state index is 11.7. The lowest BCUT2D eigenvalue weighted by Crippen LogP contribution is -2.43. The van der Waals surface area contributed by atoms with Crippen LogP contribution in [0.3, 0.4) is 0 Å². The van der Waals surface area contributed by atoms with Crippen molar-refractivity contribution in [1.29, 1.82) is 0 Å². The number of aliphatic carboxylic acids is 1. The Morgan fingerprint density at radius 3 is 1.88 bits per heavy atom. The maximum Gasteiger partial charge on any atom is 0.331 e. The van der Waals surface area contributed by atoms with Gasteiger partial charge in [-0.05, 0) is 57.5 Å². The molecular weight excluding hydrogens is 418 g/mol. The van der Waals surface area contributed by atoms with Crippen LogP contribution in [0.4, 0.5) is 0 Å². The molecule has 2 amide bonds. The van der Waals surface area contributed by atoms with Crippen LogP contribution in [0.25, 0.3) is 0 Å². The second kappa shape index (κ2) is 19.6. The first-order valence-electron chi connectivity index (χ1n) is 12.5. The third-order valence-corrected chi connectivity index (χ3v) is 5.47. The summed E-state index contributed by atoms with van der Waals surface area (Å²) < 4.78 is 0. The minimum absolute atomic E-state index is 0.0736. The van der Waals surface area contributed by atoms with Gasteiger partial charge in [-0.3, -0.25) is 9.59 Å². The van der Waals surface area contributed by atoms with Gasteiger partial charge in [0.1, 0.15) is 0 Å². The molecule has 0 saturated carbocycles. The van der Waals surface area contributed by atoms with Crippen LogP contribution in [-0.2, 0) is 14.4 Å². The van der Waals surface area contributed by atoms with Crippen molar-refractivity contribution in [2.75, 3.05) is 26.7 Å². The molecule has 0 aromatic heterocycles. The highest BCUT2D eigenvalue weighted by atomic mass is 16.4. The molecule has 33 heavy (non-hydrogen) atoms. The van der Waals surface area contributed by atoms with Gasteiger partial charge < -0.3 is 20.2 Å². The fourth-order valence-corrected chi connectivity index (χ4v) is 3.59. The summed E-state index contributed by atoms with van der Waals surface area (Å²) >= 11 is 0. The number of amides is 2. The van der Waals surface area contributed by atoms with Gasteiger partial charge in [-0.15, -0.1) is 0 Å². The monoisotopic (exact) mass is 469 g/mol. The highest BCUT2D eigenvalue weighted by Crippen LogP contribution is 2.16. The Hall–Kier alpha value is -1.89. The van der Waals surface area contributed by atoms with Crippen LogP contribution in [0, 0.1) is 11.8 Å². The molecule has 0 aliphatic carbocycles. The van der Waals surface area contributed by atoms with Crippen LogP contribution >= 0.6 is 0 Å². The molecule has 1 rings (SSSR count). The van der Waals surface area contributed by atoms with Gasteiger partial charge in [-0.2, -0.15) is 0 Å². The number of rotatable bonds is 10. The Kier molecular flexibility index (Phi) is 19.7. The van der Waals surface area contributed by atoms with Crippen LogP contribution in [0.15, 0.2) is 11.6 Å². The number of likely N-dealkylation sites (tertiary alicyclic amines) is 1. The Morgan fingerprint density at radius 2 is 1.52 bits per heavy atom. The fourth-order valence-electron chi connectivity index (χ4n) is 3.59. The first kappa shape index (κ1) is 33.3. The van der Waals surface area contributed by atoms with Crippen molar-refractivity contribution in [3.63, 3.8) is 0 Å². The number of carboxylic acid groups (broad SMARTS) is 1. The summed E-state index contributed by atoms with van der Waals surface area (Å²) in [5.74, 6) is -0.368. The average Bonchev–Trinajstić information content (AvgIpc) is 2.76. The third-order valence-electron chi connectivity index (χ3n) is 5.47. The number of nitrogens with one attached hydrogen (secondary N) is 1. The number of hydrogen-bond acceptors (Lipinski definition) is 4. The summed E-state index contributed by atoms with van der Waals surface area (Å²) in [5.41, 5.74) is 0.191. The molecule has 0 spiro atoms. The molecule has 0 bridgehead atoms. The van der Waals surface area contributed by atoms with Gasteiger partial charge in [0, 0.05) is 18.7 Å². The van der Waals surface area contributed by atoms with E-state index in [1.165, 1.54) is 57.0 Å². The summed E-state index contributed by atoms with van der Waals surface area (Å²) in [6.45, 7) is 19.0. The SMILES string of the molecule is C/C(=C\[C@H](C(C)C)N(C)C(=O)CNC=O)C(=O)O.CC(C)C.CCC(CC)N1CCCCC1. The fraction of sp³-hybridized carbons (Fsp3) is 0.808. The molecule has 7 heteroatoms. The van der Waals surface area contributed by atoms with Crippen LogP contribution in [0.1, 0.15) is 87.5 Å². The largest absolute Gasteiger partial charge is 0.478 e. The smallest absolute Gasteiger partial charge is 0.331 e. The van der Waals surface area contributed by atoms with Gasteiger partial charge in [-0.1, -0.05) is 61.0 Å². The number of carbonyl (C=O) groups excluding carboxylic acids is 2. The van der Waals surface area contributed by atoms with E-state index in [9.17, 15) is 14.4 Å². The standard InChI is InChI=1S/C12H20N2O4.C10H21N.C4H10/c1-8(2)10(5-9(3)12(17)18)14(4)11(16)6-13-7-15;1-3-10(4-2)11-8-6-5-7-9-11;1-4(2)3/h5,7-8,10H,6H2,1-4H3,(H,13,15)(H,17,18);10H,3-9H2,1-2H3;4H,1-3H3/b9-5+;;/t10-;;/m1../s1. The first-order valence-corrected chi connectivity index (χ1v) is 12.5. The molecule has 0 unspecified atom stereocenters. The van der Waals surface area contributed by atoms with Gasteiger partial charge in [0.15, 0.2) is 0 Å². The Bertz CT molecular complexity index is 563.